The van der Waals surface area contributed by atoms with Crippen molar-refractivity contribution in [2.24, 2.45) is 0 Å². The van der Waals surface area contributed by atoms with Gasteiger partial charge in [-0.2, -0.15) is 13.2 Å². The van der Waals surface area contributed by atoms with Crippen LogP contribution in [0.15, 0.2) is 18.3 Å². The summed E-state index contributed by atoms with van der Waals surface area (Å²) in [5, 5.41) is 24.3. The van der Waals surface area contributed by atoms with Crippen molar-refractivity contribution in [1.29, 1.82) is 0 Å². The standard InChI is InChI=1S/C6H5NO3.C2HF3O2/c8-4-2-1-3-7-5(4)6(9)10;3-2(4,5)1(6)7/h1-3,8H,(H,9,10);(H,6,7). The fraction of sp³-hybridized carbons (Fsp3) is 0.125. The lowest BCUT2D eigenvalue weighted by Gasteiger charge is -1.93. The molecule has 0 aliphatic rings. The average Bonchev–Trinajstić information content (AvgIpc) is 2.17. The van der Waals surface area contributed by atoms with E-state index in [2.05, 4.69) is 4.98 Å². The van der Waals surface area contributed by atoms with Gasteiger partial charge in [-0.25, -0.2) is 14.6 Å². The smallest absolute Gasteiger partial charge is 0.490 e. The molecule has 0 saturated heterocycles. The van der Waals surface area contributed by atoms with E-state index in [1.807, 2.05) is 0 Å². The van der Waals surface area contributed by atoms with E-state index in [4.69, 9.17) is 20.1 Å². The molecular formula is C8H6F3NO5. The number of halogens is 3. The van der Waals surface area contributed by atoms with E-state index in [1.54, 1.807) is 0 Å². The van der Waals surface area contributed by atoms with E-state index < -0.39 is 18.1 Å². The van der Waals surface area contributed by atoms with Gasteiger partial charge < -0.3 is 15.3 Å². The molecule has 1 aromatic heterocycles. The first kappa shape index (κ1) is 14.7. The van der Waals surface area contributed by atoms with E-state index in [0.29, 0.717) is 0 Å². The summed E-state index contributed by atoms with van der Waals surface area (Å²) in [5.41, 5.74) is -0.317. The first-order chi connectivity index (χ1) is 7.66. The quantitative estimate of drug-likeness (QED) is 0.692. The Kier molecular flexibility index (Phi) is 4.90. The molecule has 0 bridgehead atoms. The van der Waals surface area contributed by atoms with Gasteiger partial charge in [0.15, 0.2) is 5.69 Å². The summed E-state index contributed by atoms with van der Waals surface area (Å²) >= 11 is 0. The number of hydrogen-bond acceptors (Lipinski definition) is 4. The van der Waals surface area contributed by atoms with Crippen LogP contribution in [0.2, 0.25) is 0 Å². The number of aromatic nitrogens is 1. The molecule has 9 heteroatoms. The third-order valence-corrected chi connectivity index (χ3v) is 1.23. The Bertz CT molecular complexity index is 418. The summed E-state index contributed by atoms with van der Waals surface area (Å²) in [6.45, 7) is 0. The van der Waals surface area contributed by atoms with Crippen LogP contribution in [-0.2, 0) is 4.79 Å². The molecule has 1 rings (SSSR count). The summed E-state index contributed by atoms with van der Waals surface area (Å²) < 4.78 is 31.7. The second-order valence-corrected chi connectivity index (χ2v) is 2.48. The van der Waals surface area contributed by atoms with E-state index >= 15 is 0 Å². The van der Waals surface area contributed by atoms with Crippen LogP contribution < -0.4 is 0 Å². The third-order valence-electron chi connectivity index (χ3n) is 1.23. The minimum absolute atomic E-state index is 0.310. The molecule has 0 spiro atoms. The van der Waals surface area contributed by atoms with E-state index in [1.165, 1.54) is 18.3 Å². The number of alkyl halides is 3. The van der Waals surface area contributed by atoms with Crippen LogP contribution in [0.4, 0.5) is 13.2 Å². The van der Waals surface area contributed by atoms with Gasteiger partial charge in [0, 0.05) is 6.20 Å². The largest absolute Gasteiger partial charge is 0.505 e. The van der Waals surface area contributed by atoms with Crippen molar-refractivity contribution in [3.05, 3.63) is 24.0 Å². The molecule has 3 N–H and O–H groups in total. The first-order valence-electron chi connectivity index (χ1n) is 3.83. The molecule has 1 heterocycles. The second-order valence-electron chi connectivity index (χ2n) is 2.48. The molecule has 17 heavy (non-hydrogen) atoms. The van der Waals surface area contributed by atoms with Crippen molar-refractivity contribution >= 4 is 11.9 Å². The Balaban J connectivity index is 0.000000325. The van der Waals surface area contributed by atoms with E-state index in [9.17, 15) is 18.0 Å². The van der Waals surface area contributed by atoms with Crippen LogP contribution in [-0.4, -0.2) is 38.4 Å². The second kappa shape index (κ2) is 5.68. The molecule has 0 aliphatic heterocycles. The normalized spacial score (nSPS) is 10.1. The fourth-order valence-corrected chi connectivity index (χ4v) is 0.562. The first-order valence-corrected chi connectivity index (χ1v) is 3.83. The predicted molar refractivity (Wildman–Crippen MR) is 46.6 cm³/mol. The lowest BCUT2D eigenvalue weighted by Crippen LogP contribution is -2.21. The molecule has 0 fully saturated rings. The molecule has 1 aromatic rings. The molecule has 94 valence electrons. The van der Waals surface area contributed by atoms with Crippen LogP contribution in [0.5, 0.6) is 5.75 Å². The SMILES string of the molecule is O=C(O)C(F)(F)F.O=C(O)c1ncccc1O. The lowest BCUT2D eigenvalue weighted by atomic mass is 10.3. The highest BCUT2D eigenvalue weighted by atomic mass is 19.4. The Morgan fingerprint density at radius 1 is 1.24 bits per heavy atom. The van der Waals surface area contributed by atoms with Gasteiger partial charge in [-0.3, -0.25) is 0 Å². The van der Waals surface area contributed by atoms with Gasteiger partial charge in [0.05, 0.1) is 0 Å². The number of hydrogen-bond donors (Lipinski definition) is 3. The van der Waals surface area contributed by atoms with Gasteiger partial charge in [0.1, 0.15) is 5.75 Å². The van der Waals surface area contributed by atoms with Crippen molar-refractivity contribution < 1.29 is 38.1 Å². The number of pyridine rings is 1. The summed E-state index contributed by atoms with van der Waals surface area (Å²) in [6.07, 6.45) is -3.77. The minimum Gasteiger partial charge on any atom is -0.505 e. The highest BCUT2D eigenvalue weighted by Gasteiger charge is 2.38. The zero-order chi connectivity index (χ0) is 13.6. The number of carboxylic acid groups (broad SMARTS) is 2. The number of aliphatic carboxylic acids is 1. The number of rotatable bonds is 1. The molecule has 0 saturated carbocycles. The molecule has 0 unspecified atom stereocenters. The summed E-state index contributed by atoms with van der Waals surface area (Å²) in [7, 11) is 0. The Morgan fingerprint density at radius 2 is 1.71 bits per heavy atom. The summed E-state index contributed by atoms with van der Waals surface area (Å²) in [4.78, 5) is 22.5. The summed E-state index contributed by atoms with van der Waals surface area (Å²) in [6, 6.07) is 2.73. The van der Waals surface area contributed by atoms with Crippen LogP contribution in [0.25, 0.3) is 0 Å². The van der Waals surface area contributed by atoms with E-state index in [-0.39, 0.29) is 11.4 Å². The van der Waals surface area contributed by atoms with Crippen molar-refractivity contribution in [1.82, 2.24) is 4.98 Å². The zero-order valence-electron chi connectivity index (χ0n) is 7.97. The van der Waals surface area contributed by atoms with Crippen LogP contribution in [0.3, 0.4) is 0 Å². The molecule has 6 nitrogen and oxygen atoms in total. The van der Waals surface area contributed by atoms with Crippen LogP contribution in [0, 0.1) is 0 Å². The van der Waals surface area contributed by atoms with Crippen molar-refractivity contribution in [2.45, 2.75) is 6.18 Å². The Morgan fingerprint density at radius 3 is 1.94 bits per heavy atom. The maximum absolute atomic E-state index is 10.6. The van der Waals surface area contributed by atoms with Gasteiger partial charge in [0.2, 0.25) is 0 Å². The lowest BCUT2D eigenvalue weighted by molar-refractivity contribution is -0.192. The molecule has 0 radical (unpaired) electrons. The highest BCUT2D eigenvalue weighted by Crippen LogP contribution is 2.13. The number of carboxylic acids is 2. The predicted octanol–water partition coefficient (Wildman–Crippen LogP) is 1.12. The number of nitrogens with zero attached hydrogens (tertiary/aromatic N) is 1. The van der Waals surface area contributed by atoms with Gasteiger partial charge in [-0.05, 0) is 12.1 Å². The molecule has 0 aromatic carbocycles. The maximum atomic E-state index is 10.6. The molecule has 0 amide bonds. The van der Waals surface area contributed by atoms with Crippen molar-refractivity contribution in [3.8, 4) is 5.75 Å². The number of aromatic carboxylic acids is 1. The monoisotopic (exact) mass is 253 g/mol. The molecule has 0 atom stereocenters. The third kappa shape index (κ3) is 5.35. The van der Waals surface area contributed by atoms with Gasteiger partial charge in [-0.15, -0.1) is 0 Å². The van der Waals surface area contributed by atoms with Crippen LogP contribution in [0.1, 0.15) is 10.5 Å². The maximum Gasteiger partial charge on any atom is 0.490 e. The van der Waals surface area contributed by atoms with Crippen molar-refractivity contribution in [2.75, 3.05) is 0 Å². The Hall–Kier alpha value is -2.32. The highest BCUT2D eigenvalue weighted by molar-refractivity contribution is 5.88. The van der Waals surface area contributed by atoms with Gasteiger partial charge in [-0.1, -0.05) is 0 Å². The minimum atomic E-state index is -5.08. The van der Waals surface area contributed by atoms with Crippen molar-refractivity contribution in [3.63, 3.8) is 0 Å². The zero-order valence-corrected chi connectivity index (χ0v) is 7.97. The number of carbonyl (C=O) groups is 2. The Labute approximate surface area is 92.0 Å². The van der Waals surface area contributed by atoms with Gasteiger partial charge >= 0.3 is 18.1 Å². The topological polar surface area (TPSA) is 108 Å². The van der Waals surface area contributed by atoms with E-state index in [0.717, 1.165) is 0 Å². The molecule has 0 aliphatic carbocycles. The molecular weight excluding hydrogens is 247 g/mol. The summed E-state index contributed by atoms with van der Waals surface area (Å²) in [5.74, 6) is -4.29. The number of aromatic hydroxyl groups is 1. The van der Waals surface area contributed by atoms with Crippen LogP contribution >= 0.6 is 0 Å². The van der Waals surface area contributed by atoms with Gasteiger partial charge in [0.25, 0.3) is 0 Å². The average molecular weight is 253 g/mol. The fourth-order valence-electron chi connectivity index (χ4n) is 0.562.